The molecule has 0 aliphatic carbocycles. The maximum atomic E-state index is 6.01. The molecule has 0 radical (unpaired) electrons. The van der Waals surface area contributed by atoms with Gasteiger partial charge in [0.25, 0.3) is 0 Å². The molecule has 0 amide bonds. The molecule has 2 N–H and O–H groups in total. The highest BCUT2D eigenvalue weighted by atomic mass is 15.4. The zero-order valence-corrected chi connectivity index (χ0v) is 11.6. The van der Waals surface area contributed by atoms with Gasteiger partial charge in [-0.3, -0.25) is 4.99 Å². The summed E-state index contributed by atoms with van der Waals surface area (Å²) < 4.78 is 0. The number of rotatable bonds is 4. The van der Waals surface area contributed by atoms with Gasteiger partial charge in [-0.15, -0.1) is 0 Å². The lowest BCUT2D eigenvalue weighted by atomic mass is 9.85. The lowest BCUT2D eigenvalue weighted by Gasteiger charge is -2.38. The van der Waals surface area contributed by atoms with Crippen molar-refractivity contribution >= 4 is 5.96 Å². The van der Waals surface area contributed by atoms with Crippen LogP contribution >= 0.6 is 0 Å². The van der Waals surface area contributed by atoms with Crippen molar-refractivity contribution < 1.29 is 0 Å². The number of hydrogen-bond acceptors (Lipinski definition) is 3. The largest absolute Gasteiger partial charge is 0.370 e. The Hall–Kier alpha value is -1.51. The number of aryl methyl sites for hydroxylation is 1. The van der Waals surface area contributed by atoms with Crippen LogP contribution in [0, 0.1) is 0 Å². The standard InChI is InChI=1S/C15H23N3/c1-4-12-7-9-13(10-8-12)15(5-2)11-17-14(16)18(15)6-3/h7-10H,4-6,11H2,1-3H3,(H2,16,17). The number of hydrogen-bond donors (Lipinski definition) is 1. The van der Waals surface area contributed by atoms with Crippen LogP contribution in [0.1, 0.15) is 38.3 Å². The molecule has 98 valence electrons. The number of aliphatic imine (C=N–C) groups is 1. The van der Waals surface area contributed by atoms with Gasteiger partial charge in [0, 0.05) is 6.54 Å². The molecule has 2 rings (SSSR count). The summed E-state index contributed by atoms with van der Waals surface area (Å²) in [5.74, 6) is 0.680. The van der Waals surface area contributed by atoms with Crippen LogP contribution in [0.3, 0.4) is 0 Å². The summed E-state index contributed by atoms with van der Waals surface area (Å²) in [7, 11) is 0. The Labute approximate surface area is 110 Å². The van der Waals surface area contributed by atoms with Gasteiger partial charge in [-0.25, -0.2) is 0 Å². The van der Waals surface area contributed by atoms with E-state index in [2.05, 4.69) is 54.9 Å². The third kappa shape index (κ3) is 1.88. The van der Waals surface area contributed by atoms with Crippen molar-refractivity contribution in [3.63, 3.8) is 0 Å². The van der Waals surface area contributed by atoms with E-state index in [1.54, 1.807) is 0 Å². The van der Waals surface area contributed by atoms with Crippen molar-refractivity contribution in [2.24, 2.45) is 10.7 Å². The fraction of sp³-hybridized carbons (Fsp3) is 0.533. The normalized spacial score (nSPS) is 23.3. The van der Waals surface area contributed by atoms with E-state index in [0.29, 0.717) is 5.96 Å². The second-order valence-corrected chi connectivity index (χ2v) is 4.85. The molecule has 0 bridgehead atoms. The summed E-state index contributed by atoms with van der Waals surface area (Å²) in [6.07, 6.45) is 2.10. The Morgan fingerprint density at radius 2 is 1.89 bits per heavy atom. The molecular weight excluding hydrogens is 222 g/mol. The lowest BCUT2D eigenvalue weighted by molar-refractivity contribution is 0.202. The number of likely N-dealkylation sites (N-methyl/N-ethyl adjacent to an activating group) is 1. The van der Waals surface area contributed by atoms with E-state index in [1.165, 1.54) is 11.1 Å². The Kier molecular flexibility index (Phi) is 3.60. The monoisotopic (exact) mass is 245 g/mol. The first-order chi connectivity index (χ1) is 8.67. The van der Waals surface area contributed by atoms with Gasteiger partial charge in [-0.1, -0.05) is 38.1 Å². The topological polar surface area (TPSA) is 41.6 Å². The van der Waals surface area contributed by atoms with Crippen LogP contribution in [0.2, 0.25) is 0 Å². The predicted molar refractivity (Wildman–Crippen MR) is 76.7 cm³/mol. The van der Waals surface area contributed by atoms with E-state index in [4.69, 9.17) is 5.73 Å². The number of nitrogens with two attached hydrogens (primary N) is 1. The van der Waals surface area contributed by atoms with Gasteiger partial charge in [0.05, 0.1) is 12.1 Å². The highest BCUT2D eigenvalue weighted by Crippen LogP contribution is 2.36. The summed E-state index contributed by atoms with van der Waals surface area (Å²) in [6, 6.07) is 8.91. The quantitative estimate of drug-likeness (QED) is 0.885. The highest BCUT2D eigenvalue weighted by molar-refractivity contribution is 5.81. The summed E-state index contributed by atoms with van der Waals surface area (Å²) >= 11 is 0. The van der Waals surface area contributed by atoms with E-state index in [0.717, 1.165) is 25.9 Å². The first-order valence-corrected chi connectivity index (χ1v) is 6.85. The van der Waals surface area contributed by atoms with Gasteiger partial charge in [0.2, 0.25) is 0 Å². The molecule has 1 aliphatic heterocycles. The molecule has 0 aromatic heterocycles. The molecule has 0 fully saturated rings. The van der Waals surface area contributed by atoms with Crippen LogP contribution in [0.25, 0.3) is 0 Å². The van der Waals surface area contributed by atoms with Gasteiger partial charge in [-0.2, -0.15) is 0 Å². The van der Waals surface area contributed by atoms with E-state index >= 15 is 0 Å². The third-order valence-corrected chi connectivity index (χ3v) is 4.10. The number of nitrogens with zero attached hydrogens (tertiary/aromatic N) is 2. The van der Waals surface area contributed by atoms with E-state index in [-0.39, 0.29) is 5.54 Å². The van der Waals surface area contributed by atoms with Crippen LogP contribution in [0.4, 0.5) is 0 Å². The highest BCUT2D eigenvalue weighted by Gasteiger charge is 2.41. The molecule has 1 aliphatic rings. The predicted octanol–water partition coefficient (Wildman–Crippen LogP) is 2.50. The zero-order valence-electron chi connectivity index (χ0n) is 11.6. The molecule has 0 saturated carbocycles. The van der Waals surface area contributed by atoms with Crippen molar-refractivity contribution in [3.05, 3.63) is 35.4 Å². The van der Waals surface area contributed by atoms with E-state index in [1.807, 2.05) is 0 Å². The van der Waals surface area contributed by atoms with Crippen molar-refractivity contribution in [3.8, 4) is 0 Å². The van der Waals surface area contributed by atoms with E-state index in [9.17, 15) is 0 Å². The van der Waals surface area contributed by atoms with Crippen molar-refractivity contribution in [2.45, 2.75) is 39.2 Å². The number of benzene rings is 1. The molecule has 1 heterocycles. The molecule has 1 aromatic rings. The van der Waals surface area contributed by atoms with Crippen molar-refractivity contribution in [2.75, 3.05) is 13.1 Å². The average Bonchev–Trinajstić information content (AvgIpc) is 2.76. The van der Waals surface area contributed by atoms with Crippen molar-refractivity contribution in [1.82, 2.24) is 4.90 Å². The molecule has 1 atom stereocenters. The lowest BCUT2D eigenvalue weighted by Crippen LogP contribution is -2.48. The summed E-state index contributed by atoms with van der Waals surface area (Å²) in [5, 5.41) is 0. The maximum absolute atomic E-state index is 6.01. The fourth-order valence-corrected chi connectivity index (χ4v) is 2.87. The second-order valence-electron chi connectivity index (χ2n) is 4.85. The molecule has 1 aromatic carbocycles. The minimum Gasteiger partial charge on any atom is -0.370 e. The molecule has 0 spiro atoms. The minimum atomic E-state index is -0.0366. The van der Waals surface area contributed by atoms with E-state index < -0.39 is 0 Å². The summed E-state index contributed by atoms with van der Waals surface area (Å²) in [4.78, 5) is 6.68. The van der Waals surface area contributed by atoms with Gasteiger partial charge >= 0.3 is 0 Å². The summed E-state index contributed by atoms with van der Waals surface area (Å²) in [6.45, 7) is 8.20. The average molecular weight is 245 g/mol. The Balaban J connectivity index is 2.38. The molecule has 3 nitrogen and oxygen atoms in total. The molecule has 0 saturated heterocycles. The van der Waals surface area contributed by atoms with Crippen LogP contribution in [-0.4, -0.2) is 23.9 Å². The second kappa shape index (κ2) is 5.01. The van der Waals surface area contributed by atoms with Crippen LogP contribution in [0.15, 0.2) is 29.3 Å². The molecule has 18 heavy (non-hydrogen) atoms. The molecule has 1 unspecified atom stereocenters. The Bertz CT molecular complexity index is 436. The fourth-order valence-electron chi connectivity index (χ4n) is 2.87. The molecule has 3 heteroatoms. The Morgan fingerprint density at radius 3 is 2.39 bits per heavy atom. The molecular formula is C15H23N3. The SMILES string of the molecule is CCc1ccc(C2(CC)CN=C(N)N2CC)cc1. The maximum Gasteiger partial charge on any atom is 0.192 e. The summed E-state index contributed by atoms with van der Waals surface area (Å²) in [5.41, 5.74) is 8.68. The van der Waals surface area contributed by atoms with Crippen LogP contribution in [-0.2, 0) is 12.0 Å². The first kappa shape index (κ1) is 12.9. The van der Waals surface area contributed by atoms with Gasteiger partial charge in [-0.05, 0) is 30.9 Å². The smallest absolute Gasteiger partial charge is 0.192 e. The Morgan fingerprint density at radius 1 is 1.22 bits per heavy atom. The van der Waals surface area contributed by atoms with Gasteiger partial charge in [0.1, 0.15) is 0 Å². The number of guanidine groups is 1. The van der Waals surface area contributed by atoms with Gasteiger partial charge < -0.3 is 10.6 Å². The van der Waals surface area contributed by atoms with Crippen LogP contribution in [0.5, 0.6) is 0 Å². The van der Waals surface area contributed by atoms with Gasteiger partial charge in [0.15, 0.2) is 5.96 Å². The van der Waals surface area contributed by atoms with Crippen molar-refractivity contribution in [1.29, 1.82) is 0 Å². The first-order valence-electron chi connectivity index (χ1n) is 6.85. The third-order valence-electron chi connectivity index (χ3n) is 4.10. The van der Waals surface area contributed by atoms with Crippen LogP contribution < -0.4 is 5.73 Å². The zero-order chi connectivity index (χ0) is 13.2. The minimum absolute atomic E-state index is 0.0366.